The van der Waals surface area contributed by atoms with Crippen LogP contribution in [0.2, 0.25) is 0 Å². The van der Waals surface area contributed by atoms with Crippen LogP contribution in [0.3, 0.4) is 0 Å². The summed E-state index contributed by atoms with van der Waals surface area (Å²) in [4.78, 5) is 26.4. The molecule has 7 nitrogen and oxygen atoms in total. The van der Waals surface area contributed by atoms with Crippen molar-refractivity contribution in [1.29, 1.82) is 0 Å². The van der Waals surface area contributed by atoms with Gasteiger partial charge in [0.2, 0.25) is 0 Å². The van der Waals surface area contributed by atoms with Crippen LogP contribution in [-0.2, 0) is 26.6 Å². The molecule has 2 aromatic carbocycles. The van der Waals surface area contributed by atoms with Gasteiger partial charge in [-0.15, -0.1) is 0 Å². The first-order valence-corrected chi connectivity index (χ1v) is 10.9. The fourth-order valence-corrected chi connectivity index (χ4v) is 4.31. The first-order valence-electron chi connectivity index (χ1n) is 10.9. The van der Waals surface area contributed by atoms with Gasteiger partial charge in [0.1, 0.15) is 5.75 Å². The monoisotopic (exact) mass is 445 g/mol. The summed E-state index contributed by atoms with van der Waals surface area (Å²) in [6.45, 7) is 5.35. The van der Waals surface area contributed by atoms with Crippen molar-refractivity contribution >= 4 is 16.9 Å². The zero-order valence-corrected chi connectivity index (χ0v) is 18.9. The van der Waals surface area contributed by atoms with Crippen LogP contribution < -0.4 is 10.9 Å². The number of aromatic hydroxyl groups is 1. The molecule has 0 amide bonds. The summed E-state index contributed by atoms with van der Waals surface area (Å²) in [6.07, 6.45) is 0.374. The molecule has 4 aromatic rings. The highest BCUT2D eigenvalue weighted by atomic mass is 16.4. The Bertz CT molecular complexity index is 1420. The van der Waals surface area contributed by atoms with Crippen LogP contribution in [0.1, 0.15) is 39.7 Å². The fraction of sp³-hybridized carbons (Fsp3) is 0.231. The highest BCUT2D eigenvalue weighted by molar-refractivity contribution is 5.92. The standard InChI is InChI=1S/C26H27N3O4/c1-4-20-23(28-25(31)22(24(20)30)26(32)33)17-8-9-21-18(11-17)12-19(29(21)3)14-27-13-16-7-5-6-15(2)10-16/h5-12,27H,4,13-14H2,1-3H3,(H,32,33)(H2,28,30,31). The van der Waals surface area contributed by atoms with Crippen molar-refractivity contribution in [1.82, 2.24) is 14.9 Å². The Balaban J connectivity index is 1.65. The molecule has 0 saturated heterocycles. The normalized spacial score (nSPS) is 11.2. The summed E-state index contributed by atoms with van der Waals surface area (Å²) in [5.41, 5.74) is 4.74. The van der Waals surface area contributed by atoms with Gasteiger partial charge in [-0.1, -0.05) is 42.8 Å². The van der Waals surface area contributed by atoms with Crippen molar-refractivity contribution in [2.24, 2.45) is 7.05 Å². The molecule has 7 heteroatoms. The average Bonchev–Trinajstić information content (AvgIpc) is 3.08. The number of fused-ring (bicyclic) bond motifs is 1. The number of hydrogen-bond donors (Lipinski definition) is 4. The van der Waals surface area contributed by atoms with Crippen LogP contribution in [0.5, 0.6) is 5.75 Å². The number of nitrogens with zero attached hydrogens (tertiary/aromatic N) is 1. The summed E-state index contributed by atoms with van der Waals surface area (Å²) >= 11 is 0. The third kappa shape index (κ3) is 4.27. The second-order valence-corrected chi connectivity index (χ2v) is 8.25. The number of aromatic amines is 1. The fourth-order valence-electron chi connectivity index (χ4n) is 4.31. The Morgan fingerprint density at radius 2 is 1.91 bits per heavy atom. The summed E-state index contributed by atoms with van der Waals surface area (Å²) in [6, 6.07) is 16.3. The van der Waals surface area contributed by atoms with Gasteiger partial charge >= 0.3 is 5.97 Å². The molecule has 2 heterocycles. The van der Waals surface area contributed by atoms with Crippen molar-refractivity contribution in [3.8, 4) is 17.0 Å². The molecule has 4 N–H and O–H groups in total. The Morgan fingerprint density at radius 1 is 1.12 bits per heavy atom. The lowest BCUT2D eigenvalue weighted by molar-refractivity contribution is 0.0691. The molecule has 0 spiro atoms. The van der Waals surface area contributed by atoms with E-state index in [4.69, 9.17) is 0 Å². The van der Waals surface area contributed by atoms with Crippen LogP contribution in [0.15, 0.2) is 53.3 Å². The lowest BCUT2D eigenvalue weighted by atomic mass is 9.99. The molecule has 2 aromatic heterocycles. The van der Waals surface area contributed by atoms with Gasteiger partial charge in [-0.3, -0.25) is 4.79 Å². The number of benzene rings is 2. The third-order valence-corrected chi connectivity index (χ3v) is 6.01. The zero-order chi connectivity index (χ0) is 23.7. The summed E-state index contributed by atoms with van der Waals surface area (Å²) in [5.74, 6) is -1.92. The van der Waals surface area contributed by atoms with Crippen LogP contribution in [0.25, 0.3) is 22.2 Å². The molecule has 0 aliphatic carbocycles. The molecule has 0 saturated carbocycles. The van der Waals surface area contributed by atoms with Crippen molar-refractivity contribution in [3.05, 3.63) is 86.8 Å². The molecule has 0 aliphatic heterocycles. The van der Waals surface area contributed by atoms with E-state index < -0.39 is 22.8 Å². The number of nitrogens with one attached hydrogen (secondary N) is 2. The third-order valence-electron chi connectivity index (χ3n) is 6.01. The lowest BCUT2D eigenvalue weighted by Crippen LogP contribution is -2.20. The number of carboxylic acids is 1. The van der Waals surface area contributed by atoms with Gasteiger partial charge < -0.3 is 25.1 Å². The van der Waals surface area contributed by atoms with Gasteiger partial charge in [-0.2, -0.15) is 0 Å². The van der Waals surface area contributed by atoms with E-state index in [0.29, 0.717) is 29.8 Å². The molecular weight excluding hydrogens is 418 g/mol. The van der Waals surface area contributed by atoms with E-state index in [1.807, 2.05) is 32.2 Å². The van der Waals surface area contributed by atoms with E-state index in [9.17, 15) is 19.8 Å². The Labute approximate surface area is 191 Å². The van der Waals surface area contributed by atoms with Crippen molar-refractivity contribution in [2.75, 3.05) is 0 Å². The van der Waals surface area contributed by atoms with Gasteiger partial charge in [-0.25, -0.2) is 4.79 Å². The smallest absolute Gasteiger partial charge is 0.345 e. The summed E-state index contributed by atoms with van der Waals surface area (Å²) in [7, 11) is 2.01. The molecule has 4 rings (SSSR count). The van der Waals surface area contributed by atoms with Gasteiger partial charge in [-0.05, 0) is 42.7 Å². The van der Waals surface area contributed by atoms with E-state index in [1.165, 1.54) is 11.1 Å². The Morgan fingerprint density at radius 3 is 2.61 bits per heavy atom. The number of aromatic nitrogens is 2. The number of aromatic carboxylic acids is 1. The lowest BCUT2D eigenvalue weighted by Gasteiger charge is -2.12. The highest BCUT2D eigenvalue weighted by Crippen LogP contribution is 2.32. The van der Waals surface area contributed by atoms with Gasteiger partial charge in [0, 0.05) is 42.3 Å². The molecule has 0 fully saturated rings. The van der Waals surface area contributed by atoms with Gasteiger partial charge in [0.15, 0.2) is 5.56 Å². The average molecular weight is 446 g/mol. The van der Waals surface area contributed by atoms with Gasteiger partial charge in [0.25, 0.3) is 5.56 Å². The summed E-state index contributed by atoms with van der Waals surface area (Å²) in [5, 5.41) is 24.2. The first-order chi connectivity index (χ1) is 15.8. The van der Waals surface area contributed by atoms with Gasteiger partial charge in [0.05, 0.1) is 5.69 Å². The molecule has 0 aliphatic rings. The predicted molar refractivity (Wildman–Crippen MR) is 129 cm³/mol. The van der Waals surface area contributed by atoms with Crippen LogP contribution in [0, 0.1) is 6.92 Å². The van der Waals surface area contributed by atoms with Crippen LogP contribution in [-0.4, -0.2) is 25.7 Å². The zero-order valence-electron chi connectivity index (χ0n) is 18.9. The van der Waals surface area contributed by atoms with E-state index in [2.05, 4.69) is 52.1 Å². The Hall–Kier alpha value is -3.84. The van der Waals surface area contributed by atoms with E-state index >= 15 is 0 Å². The first kappa shape index (κ1) is 22.4. The number of aryl methyl sites for hydroxylation is 2. The molecule has 0 atom stereocenters. The largest absolute Gasteiger partial charge is 0.506 e. The maximum atomic E-state index is 12.3. The van der Waals surface area contributed by atoms with E-state index in [-0.39, 0.29) is 0 Å². The summed E-state index contributed by atoms with van der Waals surface area (Å²) < 4.78 is 2.12. The Kier molecular flexibility index (Phi) is 6.07. The van der Waals surface area contributed by atoms with Crippen LogP contribution in [0.4, 0.5) is 0 Å². The molecule has 0 radical (unpaired) electrons. The minimum atomic E-state index is -1.45. The van der Waals surface area contributed by atoms with E-state index in [1.54, 1.807) is 0 Å². The molecule has 0 unspecified atom stereocenters. The molecular formula is C26H27N3O4. The SMILES string of the molecule is CCc1c(-c2ccc3c(c2)cc(CNCc2cccc(C)c2)n3C)[nH]c(=O)c(C(=O)O)c1O. The number of pyridine rings is 1. The van der Waals surface area contributed by atoms with Crippen molar-refractivity contribution < 1.29 is 15.0 Å². The second-order valence-electron chi connectivity index (χ2n) is 8.25. The maximum absolute atomic E-state index is 12.3. The predicted octanol–water partition coefficient (Wildman–Crippen LogP) is 4.10. The molecule has 170 valence electrons. The quantitative estimate of drug-likeness (QED) is 0.343. The number of carboxylic acid groups (broad SMARTS) is 1. The molecule has 33 heavy (non-hydrogen) atoms. The highest BCUT2D eigenvalue weighted by Gasteiger charge is 2.22. The van der Waals surface area contributed by atoms with Crippen LogP contribution >= 0.6 is 0 Å². The van der Waals surface area contributed by atoms with Crippen molar-refractivity contribution in [3.63, 3.8) is 0 Å². The molecule has 0 bridgehead atoms. The minimum absolute atomic E-state index is 0.374. The van der Waals surface area contributed by atoms with E-state index in [0.717, 1.165) is 23.1 Å². The number of rotatable bonds is 7. The number of carbonyl (C=O) groups is 1. The topological polar surface area (TPSA) is 107 Å². The number of hydrogen-bond acceptors (Lipinski definition) is 4. The number of H-pyrrole nitrogens is 1. The van der Waals surface area contributed by atoms with Crippen molar-refractivity contribution in [2.45, 2.75) is 33.4 Å². The minimum Gasteiger partial charge on any atom is -0.506 e. The second kappa shape index (κ2) is 8.96. The maximum Gasteiger partial charge on any atom is 0.345 e.